The first-order chi connectivity index (χ1) is 15.9. The maximum Gasteiger partial charge on any atom is 0.0608 e. The van der Waals surface area contributed by atoms with E-state index in [9.17, 15) is 20.8 Å². The van der Waals surface area contributed by atoms with Gasteiger partial charge in [0, 0.05) is 36.0 Å². The Morgan fingerprint density at radius 2 is 1.67 bits per heavy atom. The smallest absolute Gasteiger partial charge is 0.0608 e. The molecule has 33 heavy (non-hydrogen) atoms. The molecule has 1 aliphatic heterocycles. The van der Waals surface area contributed by atoms with E-state index < -0.39 is 12.1 Å². The number of piperidine rings is 1. The summed E-state index contributed by atoms with van der Waals surface area (Å²) >= 11 is 6.38. The molecule has 0 spiro atoms. The van der Waals surface area contributed by atoms with Crippen LogP contribution in [0.5, 0.6) is 0 Å². The predicted molar refractivity (Wildman–Crippen MR) is 128 cm³/mol. The lowest BCUT2D eigenvalue weighted by atomic mass is 9.77. The standard InChI is InChI=1S/C23H40ClN5O4/c24-18-9-7-16(8-10-18)21(15-27-13-3-5-17-4-1-2-6-22(17)27)26-25-20-12-11-19(28(30)31)14-23(20)29(32)33/h16-20,22-23,25,30,32H,1-15H2/q-2. The first kappa shape index (κ1) is 25.6. The Kier molecular flexibility index (Phi) is 9.26. The van der Waals surface area contributed by atoms with Crippen molar-refractivity contribution in [1.82, 2.24) is 20.8 Å². The highest BCUT2D eigenvalue weighted by Crippen LogP contribution is 2.36. The number of rotatable bonds is 7. The highest BCUT2D eigenvalue weighted by atomic mass is 35.5. The van der Waals surface area contributed by atoms with E-state index in [4.69, 9.17) is 16.7 Å². The molecular weight excluding hydrogens is 446 g/mol. The van der Waals surface area contributed by atoms with E-state index in [1.807, 2.05) is 0 Å². The molecule has 5 atom stereocenters. The molecule has 4 fully saturated rings. The molecule has 0 amide bonds. The molecule has 4 aliphatic rings. The molecule has 3 aliphatic carbocycles. The normalized spacial score (nSPS) is 39.0. The molecule has 0 radical (unpaired) electrons. The summed E-state index contributed by atoms with van der Waals surface area (Å²) in [6.07, 6.45) is 12.9. The molecule has 0 bridgehead atoms. The molecule has 0 aromatic rings. The van der Waals surface area contributed by atoms with Crippen molar-refractivity contribution in [3.05, 3.63) is 10.4 Å². The molecule has 3 saturated carbocycles. The monoisotopic (exact) mass is 485 g/mol. The van der Waals surface area contributed by atoms with E-state index in [2.05, 4.69) is 10.3 Å². The Hall–Kier alpha value is -0.520. The summed E-state index contributed by atoms with van der Waals surface area (Å²) in [6.45, 7) is 1.95. The number of alkyl halides is 1. The number of hydrogen-bond acceptors (Lipinski definition) is 9. The quantitative estimate of drug-likeness (QED) is 0.280. The summed E-state index contributed by atoms with van der Waals surface area (Å²) in [5, 5.41) is 47.0. The van der Waals surface area contributed by atoms with E-state index in [0.717, 1.165) is 50.4 Å². The second kappa shape index (κ2) is 11.9. The zero-order valence-corrected chi connectivity index (χ0v) is 20.3. The average Bonchev–Trinajstić information content (AvgIpc) is 2.82. The van der Waals surface area contributed by atoms with Gasteiger partial charge >= 0.3 is 0 Å². The molecule has 3 N–H and O–H groups in total. The SMILES string of the molecule is [O-]N(O)C1CCC(NN=C(CN2CCCC3CCCCC32)C2CCC(Cl)CC2)C(N([O-])O)C1. The topological polar surface area (TPSA) is 121 Å². The maximum atomic E-state index is 11.8. The first-order valence-electron chi connectivity index (χ1n) is 12.9. The van der Waals surface area contributed by atoms with Crippen LogP contribution in [-0.2, 0) is 0 Å². The van der Waals surface area contributed by atoms with Gasteiger partial charge in [0.2, 0.25) is 0 Å². The number of nitrogens with one attached hydrogen (secondary N) is 1. The fourth-order valence-electron chi connectivity index (χ4n) is 6.66. The number of hydrazone groups is 1. The van der Waals surface area contributed by atoms with Gasteiger partial charge in [-0.25, -0.2) is 0 Å². The molecular formula is C23H40ClN5O4-2. The first-order valence-corrected chi connectivity index (χ1v) is 13.4. The van der Waals surface area contributed by atoms with Crippen LogP contribution in [0.1, 0.15) is 83.5 Å². The van der Waals surface area contributed by atoms with Crippen LogP contribution < -0.4 is 5.43 Å². The van der Waals surface area contributed by atoms with Crippen LogP contribution >= 0.6 is 11.6 Å². The summed E-state index contributed by atoms with van der Waals surface area (Å²) in [6, 6.07) is -1.23. The highest BCUT2D eigenvalue weighted by Gasteiger charge is 2.36. The third-order valence-corrected chi connectivity index (χ3v) is 9.05. The molecule has 0 aromatic carbocycles. The van der Waals surface area contributed by atoms with Crippen LogP contribution in [0, 0.1) is 22.3 Å². The average molecular weight is 486 g/mol. The number of likely N-dealkylation sites (tertiary alicyclic amines) is 1. The minimum Gasteiger partial charge on any atom is -0.762 e. The molecule has 10 heteroatoms. The fourth-order valence-corrected chi connectivity index (χ4v) is 6.91. The molecule has 5 unspecified atom stereocenters. The second-order valence-corrected chi connectivity index (χ2v) is 11.3. The van der Waals surface area contributed by atoms with Gasteiger partial charge in [0.1, 0.15) is 0 Å². The van der Waals surface area contributed by atoms with Gasteiger partial charge in [0.15, 0.2) is 0 Å². The van der Waals surface area contributed by atoms with E-state index in [-0.39, 0.29) is 28.3 Å². The van der Waals surface area contributed by atoms with Gasteiger partial charge in [-0.3, -0.25) is 15.4 Å². The van der Waals surface area contributed by atoms with Crippen molar-refractivity contribution in [2.75, 3.05) is 13.1 Å². The van der Waals surface area contributed by atoms with Crippen molar-refractivity contribution in [2.45, 2.75) is 113 Å². The van der Waals surface area contributed by atoms with Crippen molar-refractivity contribution in [2.24, 2.45) is 16.9 Å². The van der Waals surface area contributed by atoms with Crippen LogP contribution in [0.4, 0.5) is 0 Å². The van der Waals surface area contributed by atoms with Gasteiger partial charge in [0.25, 0.3) is 0 Å². The molecule has 1 heterocycles. The Morgan fingerprint density at radius 3 is 2.39 bits per heavy atom. The zero-order chi connectivity index (χ0) is 23.4. The Balaban J connectivity index is 1.47. The fraction of sp³-hybridized carbons (Fsp3) is 0.957. The van der Waals surface area contributed by atoms with Gasteiger partial charge < -0.3 is 26.3 Å². The lowest BCUT2D eigenvalue weighted by Crippen LogP contribution is -2.53. The summed E-state index contributed by atoms with van der Waals surface area (Å²) < 4.78 is 0. The minimum absolute atomic E-state index is 0.0848. The van der Waals surface area contributed by atoms with Crippen LogP contribution in [-0.4, -0.2) is 74.1 Å². The van der Waals surface area contributed by atoms with Gasteiger partial charge in [-0.2, -0.15) is 5.10 Å². The predicted octanol–water partition coefficient (Wildman–Crippen LogP) is 4.05. The Bertz CT molecular complexity index is 644. The minimum atomic E-state index is -0.825. The van der Waals surface area contributed by atoms with Crippen molar-refractivity contribution in [3.63, 3.8) is 0 Å². The number of halogens is 1. The lowest BCUT2D eigenvalue weighted by Gasteiger charge is -2.46. The number of nitrogens with zero attached hydrogens (tertiary/aromatic N) is 4. The van der Waals surface area contributed by atoms with Crippen molar-refractivity contribution < 1.29 is 10.4 Å². The zero-order valence-electron chi connectivity index (χ0n) is 19.5. The van der Waals surface area contributed by atoms with Crippen LogP contribution in [0.2, 0.25) is 0 Å². The number of hydrogen-bond donors (Lipinski definition) is 3. The summed E-state index contributed by atoms with van der Waals surface area (Å²) in [5.41, 5.74) is 4.34. The maximum absolute atomic E-state index is 11.8. The largest absolute Gasteiger partial charge is 0.762 e. The Morgan fingerprint density at radius 1 is 0.939 bits per heavy atom. The molecule has 0 aromatic heterocycles. The van der Waals surface area contributed by atoms with E-state index >= 15 is 0 Å². The third kappa shape index (κ3) is 6.58. The van der Waals surface area contributed by atoms with Gasteiger partial charge in [-0.05, 0) is 83.1 Å². The van der Waals surface area contributed by atoms with E-state index in [1.54, 1.807) is 0 Å². The highest BCUT2D eigenvalue weighted by molar-refractivity contribution is 6.20. The van der Waals surface area contributed by atoms with E-state index in [1.165, 1.54) is 38.5 Å². The van der Waals surface area contributed by atoms with Gasteiger partial charge in [0.05, 0.1) is 11.8 Å². The molecule has 1 saturated heterocycles. The van der Waals surface area contributed by atoms with Crippen molar-refractivity contribution in [1.29, 1.82) is 0 Å². The van der Waals surface area contributed by atoms with Gasteiger partial charge in [-0.1, -0.05) is 12.8 Å². The van der Waals surface area contributed by atoms with Crippen LogP contribution in [0.15, 0.2) is 5.10 Å². The van der Waals surface area contributed by atoms with Crippen molar-refractivity contribution >= 4 is 17.3 Å². The summed E-state index contributed by atoms with van der Waals surface area (Å²) in [4.78, 5) is 2.64. The number of hydroxylamine groups is 4. The van der Waals surface area contributed by atoms with E-state index in [0.29, 0.717) is 24.8 Å². The van der Waals surface area contributed by atoms with Gasteiger partial charge in [-0.15, -0.1) is 11.6 Å². The van der Waals surface area contributed by atoms with Crippen LogP contribution in [0.25, 0.3) is 0 Å². The summed E-state index contributed by atoms with van der Waals surface area (Å²) in [7, 11) is 0. The third-order valence-electron chi connectivity index (χ3n) is 8.61. The lowest BCUT2D eigenvalue weighted by molar-refractivity contribution is -0.137. The molecule has 190 valence electrons. The summed E-state index contributed by atoms with van der Waals surface area (Å²) in [5.74, 6) is 1.18. The molecule has 4 rings (SSSR count). The molecule has 9 nitrogen and oxygen atoms in total. The second-order valence-electron chi connectivity index (χ2n) is 10.7. The van der Waals surface area contributed by atoms with Crippen LogP contribution in [0.3, 0.4) is 0 Å². The van der Waals surface area contributed by atoms with Crippen molar-refractivity contribution in [3.8, 4) is 0 Å². The number of fused-ring (bicyclic) bond motifs is 1. The Labute approximate surface area is 202 Å².